The van der Waals surface area contributed by atoms with E-state index in [0.717, 1.165) is 19.4 Å². The number of carbonyl (C=O) groups excluding carboxylic acids is 1. The molecule has 3 heterocycles. The van der Waals surface area contributed by atoms with E-state index in [1.807, 2.05) is 17.9 Å². The van der Waals surface area contributed by atoms with Gasteiger partial charge in [0.1, 0.15) is 11.6 Å². The van der Waals surface area contributed by atoms with Crippen molar-refractivity contribution in [1.82, 2.24) is 20.0 Å². The molecule has 2 fully saturated rings. The maximum atomic E-state index is 14.1. The number of amides is 1. The molecule has 2 saturated heterocycles. The van der Waals surface area contributed by atoms with Gasteiger partial charge in [-0.25, -0.2) is 0 Å². The summed E-state index contributed by atoms with van der Waals surface area (Å²) in [5, 5.41) is 8.21. The van der Waals surface area contributed by atoms with E-state index in [9.17, 15) is 4.79 Å². The minimum Gasteiger partial charge on any atom is -0.426 e. The third-order valence-corrected chi connectivity index (χ3v) is 13.1. The Balaban J connectivity index is 1.63. The summed E-state index contributed by atoms with van der Waals surface area (Å²) in [5.41, 5.74) is 0.738. The fraction of sp³-hybridized carbons (Fsp3) is 0.654. The Kier molecular flexibility index (Phi) is 6.55. The average molecular weight is 485 g/mol. The van der Waals surface area contributed by atoms with Gasteiger partial charge in [-0.05, 0) is 57.3 Å². The van der Waals surface area contributed by atoms with Gasteiger partial charge in [-0.15, -0.1) is 10.2 Å². The van der Waals surface area contributed by atoms with Crippen LogP contribution in [-0.2, 0) is 15.8 Å². The van der Waals surface area contributed by atoms with Gasteiger partial charge in [0.15, 0.2) is 8.32 Å². The Hall–Kier alpha value is -2.03. The summed E-state index contributed by atoms with van der Waals surface area (Å²) in [4.78, 5) is 18.5. The molecule has 0 N–H and O–H groups in total. The van der Waals surface area contributed by atoms with Crippen molar-refractivity contribution in [2.24, 2.45) is 0 Å². The van der Waals surface area contributed by atoms with Crippen molar-refractivity contribution in [2.45, 2.75) is 109 Å². The van der Waals surface area contributed by atoms with E-state index in [2.05, 4.69) is 87.1 Å². The number of hydrogen-bond acceptors (Lipinski definition) is 6. The molecule has 34 heavy (non-hydrogen) atoms. The minimum atomic E-state index is -2.08. The third-order valence-electron chi connectivity index (χ3n) is 8.56. The smallest absolute Gasteiger partial charge is 0.246 e. The number of nitrogens with zero attached hydrogens (tertiary/aromatic N) is 4. The Bertz CT molecular complexity index is 991. The Labute approximate surface area is 205 Å². The number of rotatable bonds is 7. The lowest BCUT2D eigenvalue weighted by Crippen LogP contribution is -2.78. The van der Waals surface area contributed by atoms with Gasteiger partial charge in [0.25, 0.3) is 0 Å². The standard InChI is InChI=1S/C26H40N4O3Si/c1-18-14-15-26(29(18)16-21-12-10-9-11-13-21)20(3)30(24(26)31)22(23-28-27-17-32-23)19(2)33-34(7,8)25(4,5)6/h9-13,17-20,22H,14-16H2,1-8H3/t18?,19-,20?,22+,26?/m1/s1. The van der Waals surface area contributed by atoms with Crippen molar-refractivity contribution in [1.29, 1.82) is 0 Å². The number of carbonyl (C=O) groups is 1. The summed E-state index contributed by atoms with van der Waals surface area (Å²) in [6, 6.07) is 10.4. The summed E-state index contributed by atoms with van der Waals surface area (Å²) in [5.74, 6) is 0.594. The van der Waals surface area contributed by atoms with Crippen LogP contribution < -0.4 is 0 Å². The number of hydrogen-bond donors (Lipinski definition) is 0. The van der Waals surface area contributed by atoms with Gasteiger partial charge in [-0.3, -0.25) is 9.69 Å². The first kappa shape index (κ1) is 25.1. The first-order valence-corrected chi connectivity index (χ1v) is 15.4. The fourth-order valence-corrected chi connectivity index (χ4v) is 6.96. The van der Waals surface area contributed by atoms with E-state index in [1.165, 1.54) is 12.0 Å². The van der Waals surface area contributed by atoms with Gasteiger partial charge < -0.3 is 13.7 Å². The molecule has 4 rings (SSSR count). The molecule has 5 atom stereocenters. The van der Waals surface area contributed by atoms with E-state index in [4.69, 9.17) is 8.84 Å². The van der Waals surface area contributed by atoms with E-state index in [0.29, 0.717) is 11.9 Å². The summed E-state index contributed by atoms with van der Waals surface area (Å²) in [6.45, 7) is 18.4. The van der Waals surface area contributed by atoms with E-state index in [-0.39, 0.29) is 23.1 Å². The molecule has 1 amide bonds. The highest BCUT2D eigenvalue weighted by atomic mass is 28.4. The monoisotopic (exact) mass is 484 g/mol. The number of likely N-dealkylation sites (tertiary alicyclic amines) is 2. The SMILES string of the molecule is CC1CCC2(C(=O)N([C@H](c3nnco3)[C@@H](C)O[Si](C)(C)C(C)(C)C)C2C)N1Cc1ccccc1. The lowest BCUT2D eigenvalue weighted by molar-refractivity contribution is -0.186. The lowest BCUT2D eigenvalue weighted by atomic mass is 9.75. The van der Waals surface area contributed by atoms with Gasteiger partial charge in [-0.1, -0.05) is 51.1 Å². The Morgan fingerprint density at radius 2 is 1.91 bits per heavy atom. The molecular weight excluding hydrogens is 444 g/mol. The molecule has 1 aromatic carbocycles. The minimum absolute atomic E-state index is 0.0102. The number of benzene rings is 1. The van der Waals surface area contributed by atoms with Gasteiger partial charge in [0, 0.05) is 12.6 Å². The second-order valence-corrected chi connectivity index (χ2v) is 16.4. The van der Waals surface area contributed by atoms with Crippen LogP contribution in [0.3, 0.4) is 0 Å². The van der Waals surface area contributed by atoms with Crippen molar-refractivity contribution < 1.29 is 13.6 Å². The molecule has 0 aliphatic carbocycles. The molecule has 8 heteroatoms. The molecule has 1 spiro atoms. The van der Waals surface area contributed by atoms with Crippen molar-refractivity contribution >= 4 is 14.2 Å². The molecule has 2 aliphatic heterocycles. The Morgan fingerprint density at radius 3 is 2.47 bits per heavy atom. The molecular formula is C26H40N4O3Si. The quantitative estimate of drug-likeness (QED) is 0.399. The molecule has 1 aromatic heterocycles. The highest BCUT2D eigenvalue weighted by molar-refractivity contribution is 6.74. The van der Waals surface area contributed by atoms with E-state index >= 15 is 0 Å². The second kappa shape index (κ2) is 8.88. The van der Waals surface area contributed by atoms with Crippen LogP contribution in [0.5, 0.6) is 0 Å². The summed E-state index contributed by atoms with van der Waals surface area (Å²) >= 11 is 0. The van der Waals surface area contributed by atoms with Crippen molar-refractivity contribution in [3.8, 4) is 0 Å². The van der Waals surface area contributed by atoms with E-state index in [1.54, 1.807) is 0 Å². The predicted octanol–water partition coefficient (Wildman–Crippen LogP) is 5.18. The van der Waals surface area contributed by atoms with Crippen LogP contribution >= 0.6 is 0 Å². The number of aromatic nitrogens is 2. The third kappa shape index (κ3) is 4.03. The van der Waals surface area contributed by atoms with Crippen LogP contribution in [0.15, 0.2) is 41.1 Å². The lowest BCUT2D eigenvalue weighted by Gasteiger charge is -2.60. The summed E-state index contributed by atoms with van der Waals surface area (Å²) in [6.07, 6.45) is 2.96. The first-order valence-electron chi connectivity index (χ1n) is 12.5. The van der Waals surface area contributed by atoms with Crippen molar-refractivity contribution in [3.63, 3.8) is 0 Å². The van der Waals surface area contributed by atoms with Gasteiger partial charge in [-0.2, -0.15) is 0 Å². The van der Waals surface area contributed by atoms with Crippen LogP contribution in [0, 0.1) is 0 Å². The van der Waals surface area contributed by atoms with Gasteiger partial charge in [0.05, 0.1) is 12.1 Å². The first-order chi connectivity index (χ1) is 15.9. The summed E-state index contributed by atoms with van der Waals surface area (Å²) < 4.78 is 12.4. The van der Waals surface area contributed by atoms with Crippen LogP contribution in [0.25, 0.3) is 0 Å². The largest absolute Gasteiger partial charge is 0.426 e. The topological polar surface area (TPSA) is 71.7 Å². The van der Waals surface area contributed by atoms with Gasteiger partial charge >= 0.3 is 0 Å². The normalized spacial score (nSPS) is 27.8. The highest BCUT2D eigenvalue weighted by Gasteiger charge is 2.67. The fourth-order valence-electron chi connectivity index (χ4n) is 5.55. The second-order valence-electron chi connectivity index (χ2n) is 11.6. The maximum Gasteiger partial charge on any atom is 0.246 e. The highest BCUT2D eigenvalue weighted by Crippen LogP contribution is 2.51. The van der Waals surface area contributed by atoms with Crippen molar-refractivity contribution in [3.05, 3.63) is 48.2 Å². The van der Waals surface area contributed by atoms with Crippen LogP contribution in [-0.4, -0.2) is 57.9 Å². The predicted molar refractivity (Wildman–Crippen MR) is 135 cm³/mol. The molecule has 186 valence electrons. The molecule has 2 aromatic rings. The van der Waals surface area contributed by atoms with Crippen LogP contribution in [0.2, 0.25) is 18.1 Å². The number of β-lactam (4-membered cyclic amide) rings is 1. The molecule has 0 saturated carbocycles. The molecule has 0 bridgehead atoms. The Morgan fingerprint density at radius 1 is 1.24 bits per heavy atom. The van der Waals surface area contributed by atoms with E-state index < -0.39 is 19.9 Å². The van der Waals surface area contributed by atoms with Crippen molar-refractivity contribution in [2.75, 3.05) is 0 Å². The van der Waals surface area contributed by atoms with Crippen LogP contribution in [0.4, 0.5) is 0 Å². The molecule has 7 nitrogen and oxygen atoms in total. The zero-order valence-electron chi connectivity index (χ0n) is 21.9. The summed E-state index contributed by atoms with van der Waals surface area (Å²) in [7, 11) is -2.08. The zero-order chi connectivity index (χ0) is 24.9. The molecule has 3 unspecified atom stereocenters. The van der Waals surface area contributed by atoms with Gasteiger partial charge in [0.2, 0.25) is 18.2 Å². The van der Waals surface area contributed by atoms with Crippen LogP contribution in [0.1, 0.15) is 71.9 Å². The molecule has 2 aliphatic rings. The average Bonchev–Trinajstić information content (AvgIpc) is 3.41. The molecule has 0 radical (unpaired) electrons. The maximum absolute atomic E-state index is 14.1. The zero-order valence-corrected chi connectivity index (χ0v) is 22.9.